The van der Waals surface area contributed by atoms with Crippen LogP contribution in [0.5, 0.6) is 0 Å². The van der Waals surface area contributed by atoms with Gasteiger partial charge in [-0.1, -0.05) is 20.3 Å². The Balaban J connectivity index is 3.09. The van der Waals surface area contributed by atoms with Gasteiger partial charge in [0.2, 0.25) is 5.91 Å². The van der Waals surface area contributed by atoms with E-state index < -0.39 is 5.41 Å². The second-order valence-electron chi connectivity index (χ2n) is 3.82. The summed E-state index contributed by atoms with van der Waals surface area (Å²) >= 11 is 0. The zero-order valence-corrected chi connectivity index (χ0v) is 9.02. The molecule has 1 N–H and O–H groups in total. The molecule has 1 atom stereocenters. The monoisotopic (exact) mass is 195 g/mol. The van der Waals surface area contributed by atoms with Crippen LogP contribution < -0.4 is 5.32 Å². The van der Waals surface area contributed by atoms with Crippen molar-refractivity contribution in [3.05, 3.63) is 11.8 Å². The van der Waals surface area contributed by atoms with Crippen LogP contribution in [-0.2, 0) is 9.59 Å². The van der Waals surface area contributed by atoms with Crippen molar-refractivity contribution in [3.8, 4) is 0 Å². The molecule has 0 bridgehead atoms. The van der Waals surface area contributed by atoms with Gasteiger partial charge in [-0.25, -0.2) is 0 Å². The molecule has 0 radical (unpaired) electrons. The van der Waals surface area contributed by atoms with E-state index in [-0.39, 0.29) is 11.7 Å². The van der Waals surface area contributed by atoms with Gasteiger partial charge in [0.25, 0.3) is 0 Å². The van der Waals surface area contributed by atoms with Crippen LogP contribution in [0.2, 0.25) is 0 Å². The predicted octanol–water partition coefficient (Wildman–Crippen LogP) is 1.79. The molecule has 0 saturated heterocycles. The average molecular weight is 195 g/mol. The zero-order valence-electron chi connectivity index (χ0n) is 9.02. The summed E-state index contributed by atoms with van der Waals surface area (Å²) in [6.45, 7) is 5.64. The van der Waals surface area contributed by atoms with Crippen LogP contribution in [0.1, 0.15) is 40.0 Å². The summed E-state index contributed by atoms with van der Waals surface area (Å²) in [6, 6.07) is 0. The van der Waals surface area contributed by atoms with Gasteiger partial charge in [0.05, 0.1) is 0 Å². The van der Waals surface area contributed by atoms with E-state index in [0.29, 0.717) is 18.4 Å². The summed E-state index contributed by atoms with van der Waals surface area (Å²) in [5.74, 6) is -0.150. The molecule has 78 valence electrons. The molecule has 3 nitrogen and oxygen atoms in total. The smallest absolute Gasteiger partial charge is 0.237 e. The van der Waals surface area contributed by atoms with E-state index in [9.17, 15) is 9.59 Å². The normalized spacial score (nSPS) is 27.2. The largest absolute Gasteiger partial charge is 0.331 e. The Bertz CT molecular complexity index is 294. The van der Waals surface area contributed by atoms with Gasteiger partial charge in [-0.05, 0) is 19.8 Å². The highest BCUT2D eigenvalue weighted by Crippen LogP contribution is 2.34. The predicted molar refractivity (Wildman–Crippen MR) is 54.5 cm³/mol. The van der Waals surface area contributed by atoms with E-state index in [4.69, 9.17) is 0 Å². The minimum atomic E-state index is -0.798. The van der Waals surface area contributed by atoms with Gasteiger partial charge in [-0.2, -0.15) is 0 Å². The number of Topliss-reactive ketones (excluding diaryl/α,β-unsaturated/α-hetero) is 1. The molecular weight excluding hydrogens is 178 g/mol. The summed E-state index contributed by atoms with van der Waals surface area (Å²) in [7, 11) is 0. The molecule has 1 aliphatic rings. The average Bonchev–Trinajstić information content (AvgIpc) is 2.19. The van der Waals surface area contributed by atoms with Crippen LogP contribution in [0, 0.1) is 5.41 Å². The lowest BCUT2D eigenvalue weighted by molar-refractivity contribution is -0.141. The Labute approximate surface area is 84.6 Å². The molecule has 1 amide bonds. The lowest BCUT2D eigenvalue weighted by Gasteiger charge is -2.32. The molecule has 1 heterocycles. The van der Waals surface area contributed by atoms with Crippen molar-refractivity contribution in [2.45, 2.75) is 40.0 Å². The fourth-order valence-electron chi connectivity index (χ4n) is 2.01. The van der Waals surface area contributed by atoms with Crippen molar-refractivity contribution in [1.29, 1.82) is 0 Å². The second-order valence-corrected chi connectivity index (χ2v) is 3.82. The molecule has 0 aromatic heterocycles. The Morgan fingerprint density at radius 1 is 1.36 bits per heavy atom. The van der Waals surface area contributed by atoms with Gasteiger partial charge >= 0.3 is 0 Å². The van der Waals surface area contributed by atoms with Gasteiger partial charge in [0.1, 0.15) is 5.41 Å². The number of nitrogens with one attached hydrogen (secondary N) is 1. The van der Waals surface area contributed by atoms with Crippen LogP contribution in [0.15, 0.2) is 11.8 Å². The molecule has 0 aromatic carbocycles. The summed E-state index contributed by atoms with van der Waals surface area (Å²) in [5.41, 5.74) is -0.145. The summed E-state index contributed by atoms with van der Waals surface area (Å²) in [4.78, 5) is 23.7. The molecule has 14 heavy (non-hydrogen) atoms. The molecule has 0 aromatic rings. The fourth-order valence-corrected chi connectivity index (χ4v) is 2.01. The SMILES string of the molecule is CCCC1(CC)C(=O)NC=C(C)C1=O. The Morgan fingerprint density at radius 3 is 2.50 bits per heavy atom. The van der Waals surface area contributed by atoms with Crippen LogP contribution in [-0.4, -0.2) is 11.7 Å². The number of amides is 1. The molecular formula is C11H17NO2. The van der Waals surface area contributed by atoms with E-state index in [1.165, 1.54) is 6.20 Å². The Kier molecular flexibility index (Phi) is 3.09. The van der Waals surface area contributed by atoms with Crippen LogP contribution in [0.4, 0.5) is 0 Å². The van der Waals surface area contributed by atoms with Crippen molar-refractivity contribution in [2.75, 3.05) is 0 Å². The van der Waals surface area contributed by atoms with E-state index in [0.717, 1.165) is 6.42 Å². The molecule has 1 aliphatic heterocycles. The highest BCUT2D eigenvalue weighted by atomic mass is 16.2. The molecule has 1 rings (SSSR count). The highest BCUT2D eigenvalue weighted by Gasteiger charge is 2.45. The quantitative estimate of drug-likeness (QED) is 0.698. The molecule has 0 fully saturated rings. The third-order valence-electron chi connectivity index (χ3n) is 2.93. The van der Waals surface area contributed by atoms with Gasteiger partial charge in [0, 0.05) is 11.8 Å². The maximum Gasteiger partial charge on any atom is 0.237 e. The van der Waals surface area contributed by atoms with E-state index in [1.807, 2.05) is 13.8 Å². The van der Waals surface area contributed by atoms with Crippen molar-refractivity contribution in [2.24, 2.45) is 5.41 Å². The first kappa shape index (κ1) is 11.0. The zero-order chi connectivity index (χ0) is 10.8. The second kappa shape index (κ2) is 3.95. The summed E-state index contributed by atoms with van der Waals surface area (Å²) < 4.78 is 0. The minimum Gasteiger partial charge on any atom is -0.331 e. The van der Waals surface area contributed by atoms with E-state index in [2.05, 4.69) is 5.32 Å². The van der Waals surface area contributed by atoms with Crippen LogP contribution >= 0.6 is 0 Å². The highest BCUT2D eigenvalue weighted by molar-refractivity contribution is 6.15. The molecule has 1 unspecified atom stereocenters. The third kappa shape index (κ3) is 1.47. The minimum absolute atomic E-state index is 0.00870. The molecule has 3 heteroatoms. The van der Waals surface area contributed by atoms with Gasteiger partial charge in [-0.3, -0.25) is 9.59 Å². The molecule has 0 aliphatic carbocycles. The van der Waals surface area contributed by atoms with Gasteiger partial charge < -0.3 is 5.32 Å². The van der Waals surface area contributed by atoms with Crippen molar-refractivity contribution in [1.82, 2.24) is 5.32 Å². The lowest BCUT2D eigenvalue weighted by atomic mass is 9.72. The number of hydrogen-bond acceptors (Lipinski definition) is 2. The number of carbonyl (C=O) groups is 2. The number of ketones is 1. The maximum atomic E-state index is 11.9. The molecule has 0 spiro atoms. The van der Waals surface area contributed by atoms with E-state index >= 15 is 0 Å². The topological polar surface area (TPSA) is 46.2 Å². The van der Waals surface area contributed by atoms with Crippen molar-refractivity contribution < 1.29 is 9.59 Å². The summed E-state index contributed by atoms with van der Waals surface area (Å²) in [6.07, 6.45) is 3.57. The maximum absolute atomic E-state index is 11.9. The first-order valence-electron chi connectivity index (χ1n) is 5.11. The first-order valence-corrected chi connectivity index (χ1v) is 5.11. The van der Waals surface area contributed by atoms with Crippen LogP contribution in [0.3, 0.4) is 0 Å². The first-order chi connectivity index (χ1) is 6.58. The van der Waals surface area contributed by atoms with Gasteiger partial charge in [-0.15, -0.1) is 0 Å². The number of carbonyl (C=O) groups excluding carboxylic acids is 2. The van der Waals surface area contributed by atoms with Gasteiger partial charge in [0.15, 0.2) is 5.78 Å². The Hall–Kier alpha value is -1.12. The standard InChI is InChI=1S/C11H17NO2/c1-4-6-11(5-2)9(13)8(3)7-12-10(11)14/h7H,4-6H2,1-3H3,(H,12,14). The number of hydrogen-bond donors (Lipinski definition) is 1. The third-order valence-corrected chi connectivity index (χ3v) is 2.93. The Morgan fingerprint density at radius 2 is 2.00 bits per heavy atom. The number of allylic oxidation sites excluding steroid dienone is 1. The van der Waals surface area contributed by atoms with Crippen molar-refractivity contribution in [3.63, 3.8) is 0 Å². The lowest BCUT2D eigenvalue weighted by Crippen LogP contribution is -2.48. The fraction of sp³-hybridized carbons (Fsp3) is 0.636. The van der Waals surface area contributed by atoms with E-state index in [1.54, 1.807) is 6.92 Å². The summed E-state index contributed by atoms with van der Waals surface area (Å²) in [5, 5.41) is 2.67. The molecule has 0 saturated carbocycles. The van der Waals surface area contributed by atoms with Crippen molar-refractivity contribution >= 4 is 11.7 Å². The number of rotatable bonds is 3. The van der Waals surface area contributed by atoms with Crippen LogP contribution in [0.25, 0.3) is 0 Å².